The van der Waals surface area contributed by atoms with Gasteiger partial charge in [0.1, 0.15) is 28.9 Å². The van der Waals surface area contributed by atoms with Gasteiger partial charge in [-0.3, -0.25) is 15.1 Å². The lowest BCUT2D eigenvalue weighted by atomic mass is 10.0. The van der Waals surface area contributed by atoms with Crippen LogP contribution in [0.4, 0.5) is 43.4 Å². The molecule has 0 radical (unpaired) electrons. The van der Waals surface area contributed by atoms with Crippen molar-refractivity contribution in [2.45, 2.75) is 20.0 Å². The van der Waals surface area contributed by atoms with Crippen molar-refractivity contribution < 1.29 is 46.1 Å². The molecule has 13 heteroatoms. The first-order valence-corrected chi connectivity index (χ1v) is 12.4. The van der Waals surface area contributed by atoms with E-state index in [1.807, 2.05) is 0 Å². The van der Waals surface area contributed by atoms with E-state index in [0.29, 0.717) is 0 Å². The number of phenols is 1. The molecule has 1 heterocycles. The lowest BCUT2D eigenvalue weighted by molar-refractivity contribution is -0.137. The summed E-state index contributed by atoms with van der Waals surface area (Å²) in [5.41, 5.74) is -0.380. The highest BCUT2D eigenvalue weighted by Crippen LogP contribution is 2.42. The molecule has 0 saturated heterocycles. The van der Waals surface area contributed by atoms with Crippen molar-refractivity contribution in [3.63, 3.8) is 0 Å². The number of nitrogens with one attached hydrogen (secondary N) is 1. The molecular weight excluding hydrogens is 580 g/mol. The van der Waals surface area contributed by atoms with E-state index in [1.54, 1.807) is 0 Å². The second kappa shape index (κ2) is 10.5. The van der Waals surface area contributed by atoms with Crippen LogP contribution in [0, 0.1) is 31.3 Å². The van der Waals surface area contributed by atoms with Gasteiger partial charge in [-0.25, -0.2) is 18.0 Å². The first-order valence-electron chi connectivity index (χ1n) is 12.4. The molecule has 0 unspecified atom stereocenters. The topological polar surface area (TPSA) is 102 Å². The first kappa shape index (κ1) is 29.2. The van der Waals surface area contributed by atoms with Crippen LogP contribution in [0.3, 0.4) is 0 Å². The second-order valence-corrected chi connectivity index (χ2v) is 9.69. The molecular formula is C30H19F6N3O4. The number of carboxylic acids is 1. The highest BCUT2D eigenvalue weighted by atomic mass is 19.4. The summed E-state index contributed by atoms with van der Waals surface area (Å²) in [4.78, 5) is 25.9. The molecule has 220 valence electrons. The number of halogens is 6. The lowest BCUT2D eigenvalue weighted by Gasteiger charge is -2.20. The van der Waals surface area contributed by atoms with Gasteiger partial charge in [0, 0.05) is 17.2 Å². The van der Waals surface area contributed by atoms with Crippen molar-refractivity contribution in [1.29, 1.82) is 0 Å². The van der Waals surface area contributed by atoms with Crippen LogP contribution < -0.4 is 10.3 Å². The van der Waals surface area contributed by atoms with Crippen LogP contribution in [0.5, 0.6) is 5.75 Å². The SMILES string of the molecule is Cc1cc(N2C(=O)C(=NNc3cc(F)cc(-c4ccc(F)c(C(=O)O)c4)c3O)c3ccc(C(F)(F)F)cc32)cc(C)c1F. The monoisotopic (exact) mass is 599 g/mol. The summed E-state index contributed by atoms with van der Waals surface area (Å²) in [6.45, 7) is 2.86. The summed E-state index contributed by atoms with van der Waals surface area (Å²) >= 11 is 0. The number of benzene rings is 4. The Morgan fingerprint density at radius 3 is 2.21 bits per heavy atom. The Morgan fingerprint density at radius 1 is 0.907 bits per heavy atom. The minimum Gasteiger partial charge on any atom is -0.505 e. The molecule has 4 aromatic rings. The number of carboxylic acid groups (broad SMARTS) is 1. The van der Waals surface area contributed by atoms with Crippen molar-refractivity contribution in [2.24, 2.45) is 5.10 Å². The minimum absolute atomic E-state index is 0.0362. The van der Waals surface area contributed by atoms with Crippen LogP contribution in [0.25, 0.3) is 11.1 Å². The van der Waals surface area contributed by atoms with E-state index < -0.39 is 63.8 Å². The first-order chi connectivity index (χ1) is 20.2. The van der Waals surface area contributed by atoms with Crippen LogP contribution >= 0.6 is 0 Å². The van der Waals surface area contributed by atoms with Gasteiger partial charge < -0.3 is 10.2 Å². The van der Waals surface area contributed by atoms with Crippen LogP contribution in [0.2, 0.25) is 0 Å². The van der Waals surface area contributed by atoms with Gasteiger partial charge in [0.2, 0.25) is 0 Å². The highest BCUT2D eigenvalue weighted by molar-refractivity contribution is 6.55. The Hall–Kier alpha value is -5.33. The zero-order valence-corrected chi connectivity index (χ0v) is 22.1. The number of hydrogen-bond acceptors (Lipinski definition) is 5. The quantitative estimate of drug-likeness (QED) is 0.127. The molecule has 0 atom stereocenters. The third kappa shape index (κ3) is 5.25. The maximum atomic E-state index is 14.6. The van der Waals surface area contributed by atoms with E-state index in [9.17, 15) is 46.1 Å². The van der Waals surface area contributed by atoms with Gasteiger partial charge in [-0.05, 0) is 79.1 Å². The fraction of sp³-hybridized carbons (Fsp3) is 0.100. The molecule has 5 rings (SSSR count). The summed E-state index contributed by atoms with van der Waals surface area (Å²) in [5, 5.41) is 24.0. The average Bonchev–Trinajstić information content (AvgIpc) is 3.21. The Kier molecular flexibility index (Phi) is 7.12. The minimum atomic E-state index is -4.75. The van der Waals surface area contributed by atoms with Crippen LogP contribution in [0.1, 0.15) is 32.6 Å². The van der Waals surface area contributed by atoms with Gasteiger partial charge in [0.15, 0.2) is 5.71 Å². The van der Waals surface area contributed by atoms with E-state index >= 15 is 0 Å². The predicted molar refractivity (Wildman–Crippen MR) is 145 cm³/mol. The summed E-state index contributed by atoms with van der Waals surface area (Å²) in [5.74, 6) is -5.67. The number of rotatable bonds is 5. The van der Waals surface area contributed by atoms with E-state index in [1.165, 1.54) is 26.0 Å². The zero-order valence-electron chi connectivity index (χ0n) is 22.1. The number of phenolic OH excluding ortho intramolecular Hbond substituents is 1. The van der Waals surface area contributed by atoms with E-state index in [4.69, 9.17) is 0 Å². The maximum absolute atomic E-state index is 14.6. The normalized spacial score (nSPS) is 13.9. The highest BCUT2D eigenvalue weighted by Gasteiger charge is 2.39. The Balaban J connectivity index is 1.61. The van der Waals surface area contributed by atoms with Gasteiger partial charge in [-0.15, -0.1) is 0 Å². The number of fused-ring (bicyclic) bond motifs is 1. The Bertz CT molecular complexity index is 1850. The number of anilines is 3. The Morgan fingerprint density at radius 2 is 1.58 bits per heavy atom. The van der Waals surface area contributed by atoms with Gasteiger partial charge in [-0.1, -0.05) is 6.07 Å². The molecule has 1 amide bonds. The molecule has 0 spiro atoms. The van der Waals surface area contributed by atoms with E-state index in [0.717, 1.165) is 53.4 Å². The van der Waals surface area contributed by atoms with Crippen molar-refractivity contribution >= 4 is 34.7 Å². The molecule has 7 nitrogen and oxygen atoms in total. The van der Waals surface area contributed by atoms with Crippen molar-refractivity contribution in [3.05, 3.63) is 106 Å². The molecule has 0 bridgehead atoms. The number of carbonyl (C=O) groups is 2. The number of hydrogen-bond donors (Lipinski definition) is 3. The van der Waals surface area contributed by atoms with Gasteiger partial charge in [0.05, 0.1) is 22.5 Å². The summed E-state index contributed by atoms with van der Waals surface area (Å²) < 4.78 is 83.5. The van der Waals surface area contributed by atoms with E-state index in [-0.39, 0.29) is 39.2 Å². The van der Waals surface area contributed by atoms with Gasteiger partial charge in [-0.2, -0.15) is 18.3 Å². The fourth-order valence-electron chi connectivity index (χ4n) is 4.72. The van der Waals surface area contributed by atoms with Crippen LogP contribution in [-0.2, 0) is 11.0 Å². The number of aryl methyl sites for hydroxylation is 2. The second-order valence-electron chi connectivity index (χ2n) is 9.69. The standard InChI is InChI=1S/C30H19F6N3O4/c1-13-7-18(8-14(2)25(13)33)39-24-10-16(30(34,35)36)4-5-19(24)26(28(39)41)38-37-23-12-17(31)11-20(27(23)40)15-3-6-22(32)21(9-15)29(42)43/h3-12,37,40H,1-2H3,(H,42,43). The average molecular weight is 599 g/mol. The molecule has 0 aliphatic carbocycles. The zero-order chi connectivity index (χ0) is 31.4. The number of amides is 1. The summed E-state index contributed by atoms with van der Waals surface area (Å²) in [6, 6.07) is 9.61. The van der Waals surface area contributed by atoms with Gasteiger partial charge in [0.25, 0.3) is 5.91 Å². The number of hydrazone groups is 1. The summed E-state index contributed by atoms with van der Waals surface area (Å²) in [7, 11) is 0. The molecule has 1 aliphatic rings. The third-order valence-corrected chi connectivity index (χ3v) is 6.78. The molecule has 0 aromatic heterocycles. The summed E-state index contributed by atoms with van der Waals surface area (Å²) in [6.07, 6.45) is -4.75. The maximum Gasteiger partial charge on any atom is 0.416 e. The smallest absolute Gasteiger partial charge is 0.416 e. The molecule has 0 saturated carbocycles. The largest absolute Gasteiger partial charge is 0.505 e. The molecule has 43 heavy (non-hydrogen) atoms. The molecule has 3 N–H and O–H groups in total. The van der Waals surface area contributed by atoms with Gasteiger partial charge >= 0.3 is 12.1 Å². The Labute approximate surface area is 239 Å². The number of aromatic hydroxyl groups is 1. The van der Waals surface area contributed by atoms with Crippen molar-refractivity contribution in [1.82, 2.24) is 0 Å². The predicted octanol–water partition coefficient (Wildman–Crippen LogP) is 7.30. The number of alkyl halides is 3. The third-order valence-electron chi connectivity index (χ3n) is 6.78. The van der Waals surface area contributed by atoms with Crippen LogP contribution in [-0.4, -0.2) is 27.8 Å². The van der Waals surface area contributed by atoms with Crippen LogP contribution in [0.15, 0.2) is 65.8 Å². The number of nitrogens with zero attached hydrogens (tertiary/aromatic N) is 2. The fourth-order valence-corrected chi connectivity index (χ4v) is 4.72. The van der Waals surface area contributed by atoms with Crippen molar-refractivity contribution in [2.75, 3.05) is 10.3 Å². The molecule has 4 aromatic carbocycles. The molecule has 1 aliphatic heterocycles. The van der Waals surface area contributed by atoms with E-state index in [2.05, 4.69) is 10.5 Å². The number of carbonyl (C=O) groups excluding carboxylic acids is 1. The van der Waals surface area contributed by atoms with Crippen molar-refractivity contribution in [3.8, 4) is 16.9 Å². The number of aromatic carboxylic acids is 1. The lowest BCUT2D eigenvalue weighted by Crippen LogP contribution is -2.26. The molecule has 0 fully saturated rings.